The topological polar surface area (TPSA) is 86.7 Å². The zero-order valence-corrected chi connectivity index (χ0v) is 13.7. The van der Waals surface area contributed by atoms with Gasteiger partial charge in [0.15, 0.2) is 0 Å². The molecule has 1 saturated heterocycles. The lowest BCUT2D eigenvalue weighted by Crippen LogP contribution is -2.32. The third-order valence-corrected chi connectivity index (χ3v) is 4.44. The van der Waals surface area contributed by atoms with Gasteiger partial charge in [-0.3, -0.25) is 9.52 Å². The number of anilines is 1. The first-order chi connectivity index (χ1) is 10.3. The number of phenols is 1. The van der Waals surface area contributed by atoms with Crippen molar-refractivity contribution in [2.45, 2.75) is 26.2 Å². The number of nitrogens with zero attached hydrogens (tertiary/aromatic N) is 1. The third-order valence-electron chi connectivity index (χ3n) is 3.83. The Hall–Kier alpha value is -1.76. The number of sulfonamides is 1. The Labute approximate surface area is 131 Å². The van der Waals surface area contributed by atoms with Gasteiger partial charge >= 0.3 is 0 Å². The lowest BCUT2D eigenvalue weighted by Gasteiger charge is -2.21. The molecule has 1 fully saturated rings. The largest absolute Gasteiger partial charge is 0.507 e. The van der Waals surface area contributed by atoms with Gasteiger partial charge in [-0.05, 0) is 43.4 Å². The lowest BCUT2D eigenvalue weighted by molar-refractivity contribution is 0.0757. The SMILES string of the molecule is C[C@H]1CCCN(C(=O)c2cc(NS(C)(=O)=O)ccc2O)CC1. The highest BCUT2D eigenvalue weighted by Crippen LogP contribution is 2.25. The molecule has 0 bridgehead atoms. The average molecular weight is 326 g/mol. The molecule has 0 spiro atoms. The minimum atomic E-state index is -3.43. The highest BCUT2D eigenvalue weighted by Gasteiger charge is 2.22. The Morgan fingerprint density at radius 1 is 1.32 bits per heavy atom. The van der Waals surface area contributed by atoms with Crippen LogP contribution in [-0.2, 0) is 10.0 Å². The van der Waals surface area contributed by atoms with Crippen molar-refractivity contribution in [3.63, 3.8) is 0 Å². The van der Waals surface area contributed by atoms with Gasteiger partial charge in [0, 0.05) is 18.8 Å². The summed E-state index contributed by atoms with van der Waals surface area (Å²) < 4.78 is 24.9. The van der Waals surface area contributed by atoms with Crippen LogP contribution < -0.4 is 4.72 Å². The maximum atomic E-state index is 12.6. The summed E-state index contributed by atoms with van der Waals surface area (Å²) in [5.41, 5.74) is 0.398. The zero-order valence-electron chi connectivity index (χ0n) is 12.9. The van der Waals surface area contributed by atoms with Gasteiger partial charge in [-0.25, -0.2) is 8.42 Å². The molecule has 7 heteroatoms. The molecule has 0 unspecified atom stereocenters. The van der Waals surface area contributed by atoms with Crippen LogP contribution >= 0.6 is 0 Å². The number of aromatic hydroxyl groups is 1. The summed E-state index contributed by atoms with van der Waals surface area (Å²) in [6, 6.07) is 4.14. The van der Waals surface area contributed by atoms with E-state index in [4.69, 9.17) is 0 Å². The maximum absolute atomic E-state index is 12.6. The molecule has 2 N–H and O–H groups in total. The van der Waals surface area contributed by atoms with Crippen molar-refractivity contribution in [3.8, 4) is 5.75 Å². The Morgan fingerprint density at radius 2 is 2.05 bits per heavy atom. The number of nitrogens with one attached hydrogen (secondary N) is 1. The molecule has 1 atom stereocenters. The second kappa shape index (κ2) is 6.56. The van der Waals surface area contributed by atoms with E-state index >= 15 is 0 Å². The minimum absolute atomic E-state index is 0.128. The van der Waals surface area contributed by atoms with Crippen LogP contribution in [0.15, 0.2) is 18.2 Å². The standard InChI is InChI=1S/C15H22N2O4S/c1-11-4-3-8-17(9-7-11)15(19)13-10-12(5-6-14(13)18)16-22(2,20)21/h5-6,10-11,16,18H,3-4,7-9H2,1-2H3/t11-/m0/s1. The molecule has 1 aromatic carbocycles. The van der Waals surface area contributed by atoms with E-state index in [0.717, 1.165) is 25.5 Å². The number of carbonyl (C=O) groups excluding carboxylic acids is 1. The first-order valence-electron chi connectivity index (χ1n) is 7.36. The van der Waals surface area contributed by atoms with Crippen molar-refractivity contribution in [1.29, 1.82) is 0 Å². The summed E-state index contributed by atoms with van der Waals surface area (Å²) in [6.07, 6.45) is 4.01. The second-order valence-corrected chi connectivity index (χ2v) is 7.68. The summed E-state index contributed by atoms with van der Waals surface area (Å²) in [7, 11) is -3.43. The van der Waals surface area contributed by atoms with E-state index in [9.17, 15) is 18.3 Å². The van der Waals surface area contributed by atoms with Crippen LogP contribution in [0.3, 0.4) is 0 Å². The molecule has 0 saturated carbocycles. The fourth-order valence-electron chi connectivity index (χ4n) is 2.62. The van der Waals surface area contributed by atoms with Gasteiger partial charge in [-0.2, -0.15) is 0 Å². The monoisotopic (exact) mass is 326 g/mol. The number of likely N-dealkylation sites (tertiary alicyclic amines) is 1. The van der Waals surface area contributed by atoms with Crippen LogP contribution in [0.4, 0.5) is 5.69 Å². The number of rotatable bonds is 3. The predicted octanol–water partition coefficient (Wildman–Crippen LogP) is 2.03. The average Bonchev–Trinajstić information content (AvgIpc) is 2.63. The number of benzene rings is 1. The molecule has 1 aliphatic heterocycles. The van der Waals surface area contributed by atoms with Crippen molar-refractivity contribution in [2.75, 3.05) is 24.1 Å². The number of hydrogen-bond donors (Lipinski definition) is 2. The van der Waals surface area contributed by atoms with E-state index in [1.54, 1.807) is 4.90 Å². The zero-order chi connectivity index (χ0) is 16.3. The van der Waals surface area contributed by atoms with Crippen molar-refractivity contribution < 1.29 is 18.3 Å². The number of amides is 1. The number of phenolic OH excluding ortho intramolecular Hbond substituents is 1. The van der Waals surface area contributed by atoms with Gasteiger partial charge in [0.05, 0.1) is 11.8 Å². The van der Waals surface area contributed by atoms with Crippen molar-refractivity contribution in [2.24, 2.45) is 5.92 Å². The fourth-order valence-corrected chi connectivity index (χ4v) is 3.18. The molecule has 1 heterocycles. The van der Waals surface area contributed by atoms with Gasteiger partial charge in [-0.1, -0.05) is 6.92 Å². The Balaban J connectivity index is 2.23. The molecule has 2 rings (SSSR count). The maximum Gasteiger partial charge on any atom is 0.257 e. The summed E-state index contributed by atoms with van der Waals surface area (Å²) in [6.45, 7) is 3.48. The van der Waals surface area contributed by atoms with Crippen LogP contribution in [-0.4, -0.2) is 43.7 Å². The fraction of sp³-hybridized carbons (Fsp3) is 0.533. The third kappa shape index (κ3) is 4.37. The summed E-state index contributed by atoms with van der Waals surface area (Å²) in [4.78, 5) is 14.3. The lowest BCUT2D eigenvalue weighted by atomic mass is 10.0. The van der Waals surface area contributed by atoms with E-state index in [2.05, 4.69) is 11.6 Å². The van der Waals surface area contributed by atoms with Crippen LogP contribution in [0.2, 0.25) is 0 Å². The van der Waals surface area contributed by atoms with Crippen LogP contribution in [0.25, 0.3) is 0 Å². The smallest absolute Gasteiger partial charge is 0.257 e. The Kier molecular flexibility index (Phi) is 4.95. The van der Waals surface area contributed by atoms with Crippen LogP contribution in [0, 0.1) is 5.92 Å². The highest BCUT2D eigenvalue weighted by molar-refractivity contribution is 7.92. The van der Waals surface area contributed by atoms with Crippen molar-refractivity contribution in [3.05, 3.63) is 23.8 Å². The van der Waals surface area contributed by atoms with Crippen molar-refractivity contribution in [1.82, 2.24) is 4.90 Å². The first-order valence-corrected chi connectivity index (χ1v) is 9.25. The predicted molar refractivity (Wildman–Crippen MR) is 85.5 cm³/mol. The minimum Gasteiger partial charge on any atom is -0.507 e. The molecule has 1 aliphatic rings. The second-order valence-electron chi connectivity index (χ2n) is 5.93. The van der Waals surface area contributed by atoms with Gasteiger partial charge in [0.2, 0.25) is 10.0 Å². The van der Waals surface area contributed by atoms with Gasteiger partial charge < -0.3 is 10.0 Å². The molecule has 122 valence electrons. The Bertz CT molecular complexity index is 658. The van der Waals surface area contributed by atoms with Gasteiger partial charge in [0.1, 0.15) is 5.75 Å². The van der Waals surface area contributed by atoms with Crippen LogP contribution in [0.5, 0.6) is 5.75 Å². The number of hydrogen-bond acceptors (Lipinski definition) is 4. The molecule has 0 aliphatic carbocycles. The van der Waals surface area contributed by atoms with E-state index in [1.165, 1.54) is 18.2 Å². The molecule has 0 aromatic heterocycles. The van der Waals surface area contributed by atoms with Gasteiger partial charge in [-0.15, -0.1) is 0 Å². The molecule has 1 amide bonds. The highest BCUT2D eigenvalue weighted by atomic mass is 32.2. The van der Waals surface area contributed by atoms with Gasteiger partial charge in [0.25, 0.3) is 5.91 Å². The first kappa shape index (κ1) is 16.6. The quantitative estimate of drug-likeness (QED) is 0.832. The van der Waals surface area contributed by atoms with E-state index < -0.39 is 10.0 Å². The summed E-state index contributed by atoms with van der Waals surface area (Å²) in [5, 5.41) is 9.93. The van der Waals surface area contributed by atoms with E-state index in [0.29, 0.717) is 19.0 Å². The Morgan fingerprint density at radius 3 is 2.73 bits per heavy atom. The summed E-state index contributed by atoms with van der Waals surface area (Å²) in [5.74, 6) is 0.190. The van der Waals surface area contributed by atoms with Crippen LogP contribution in [0.1, 0.15) is 36.5 Å². The molecule has 1 aromatic rings. The molecule has 6 nitrogen and oxygen atoms in total. The molecule has 0 radical (unpaired) electrons. The molecule has 22 heavy (non-hydrogen) atoms. The van der Waals surface area contributed by atoms with E-state index in [1.807, 2.05) is 0 Å². The van der Waals surface area contributed by atoms with E-state index in [-0.39, 0.29) is 22.9 Å². The molecular weight excluding hydrogens is 304 g/mol. The number of carbonyl (C=O) groups is 1. The van der Waals surface area contributed by atoms with Crippen molar-refractivity contribution >= 4 is 21.6 Å². The molecular formula is C15H22N2O4S. The normalized spacial score (nSPS) is 19.5. The summed E-state index contributed by atoms with van der Waals surface area (Å²) >= 11 is 0.